The Bertz CT molecular complexity index is 932. The van der Waals surface area contributed by atoms with Crippen LogP contribution in [0.5, 0.6) is 0 Å². The monoisotopic (exact) mass is 392 g/mol. The number of carbonyl (C=O) groups excluding carboxylic acids is 3. The van der Waals surface area contributed by atoms with Gasteiger partial charge in [-0.15, -0.1) is 0 Å². The van der Waals surface area contributed by atoms with Gasteiger partial charge in [0.25, 0.3) is 11.1 Å². The van der Waals surface area contributed by atoms with Gasteiger partial charge in [0, 0.05) is 24.3 Å². The number of Topliss-reactive ketones (excluding diaryl/α,β-unsaturated/α-hetero) is 1. The predicted octanol–water partition coefficient (Wildman–Crippen LogP) is 4.21. The summed E-state index contributed by atoms with van der Waals surface area (Å²) < 4.78 is 0. The summed E-state index contributed by atoms with van der Waals surface area (Å²) in [5, 5.41) is -0.408. The lowest BCUT2D eigenvalue weighted by atomic mass is 10.1. The second-order valence-corrected chi connectivity index (χ2v) is 7.84. The molecule has 0 saturated carbocycles. The molecule has 2 amide bonds. The molecule has 0 N–H and O–H groups in total. The molecule has 6 heteroatoms. The molecule has 2 aliphatic heterocycles. The first-order valence-corrected chi connectivity index (χ1v) is 10.1. The number of amides is 2. The van der Waals surface area contributed by atoms with E-state index in [2.05, 4.69) is 4.90 Å². The molecule has 2 aromatic rings. The zero-order valence-electron chi connectivity index (χ0n) is 15.3. The van der Waals surface area contributed by atoms with Crippen LogP contribution in [-0.4, -0.2) is 41.5 Å². The highest BCUT2D eigenvalue weighted by atomic mass is 32.2. The van der Waals surface area contributed by atoms with Crippen molar-refractivity contribution >= 4 is 40.5 Å². The molecular weight excluding hydrogens is 372 g/mol. The summed E-state index contributed by atoms with van der Waals surface area (Å²) in [6.07, 6.45) is 4.15. The largest absolute Gasteiger partial charge is 0.372 e. The van der Waals surface area contributed by atoms with Gasteiger partial charge in [0.05, 0.1) is 11.4 Å². The van der Waals surface area contributed by atoms with Gasteiger partial charge in [0.15, 0.2) is 5.78 Å². The van der Waals surface area contributed by atoms with Gasteiger partial charge in [0.2, 0.25) is 0 Å². The van der Waals surface area contributed by atoms with E-state index in [1.54, 1.807) is 30.3 Å². The lowest BCUT2D eigenvalue weighted by Gasteiger charge is -2.17. The number of thioether (sulfide) groups is 1. The van der Waals surface area contributed by atoms with Crippen molar-refractivity contribution in [3.8, 4) is 0 Å². The summed E-state index contributed by atoms with van der Waals surface area (Å²) in [4.78, 5) is 40.9. The van der Waals surface area contributed by atoms with E-state index < -0.39 is 11.1 Å². The van der Waals surface area contributed by atoms with E-state index in [-0.39, 0.29) is 12.3 Å². The topological polar surface area (TPSA) is 57.7 Å². The van der Waals surface area contributed by atoms with Crippen molar-refractivity contribution in [3.05, 3.63) is 70.6 Å². The molecular formula is C22H20N2O3S. The Hall–Kier alpha value is -2.86. The van der Waals surface area contributed by atoms with Crippen LogP contribution >= 0.6 is 11.8 Å². The molecule has 4 rings (SSSR count). The van der Waals surface area contributed by atoms with Crippen LogP contribution in [0.1, 0.15) is 28.8 Å². The minimum absolute atomic E-state index is 0.236. The van der Waals surface area contributed by atoms with Crippen molar-refractivity contribution in [3.63, 3.8) is 0 Å². The minimum Gasteiger partial charge on any atom is -0.372 e. The number of carbonyl (C=O) groups is 3. The van der Waals surface area contributed by atoms with Crippen LogP contribution in [0.3, 0.4) is 0 Å². The van der Waals surface area contributed by atoms with Crippen LogP contribution in [0.25, 0.3) is 6.08 Å². The first kappa shape index (κ1) is 18.5. The van der Waals surface area contributed by atoms with Crippen LogP contribution in [0.2, 0.25) is 0 Å². The summed E-state index contributed by atoms with van der Waals surface area (Å²) in [6.45, 7) is 1.92. The predicted molar refractivity (Wildman–Crippen MR) is 111 cm³/mol. The maximum absolute atomic E-state index is 12.6. The van der Waals surface area contributed by atoms with E-state index in [1.807, 2.05) is 30.3 Å². The summed E-state index contributed by atoms with van der Waals surface area (Å²) in [5.41, 5.74) is 2.53. The molecule has 0 aliphatic carbocycles. The maximum atomic E-state index is 12.6. The Labute approximate surface area is 168 Å². The zero-order chi connectivity index (χ0) is 19.5. The van der Waals surface area contributed by atoms with Crippen LogP contribution in [0.15, 0.2) is 59.5 Å². The number of hydrogen-bond donors (Lipinski definition) is 0. The Balaban J connectivity index is 1.46. The SMILES string of the molecule is O=C(CN1C(=O)SC(=Cc2ccc(N3CCCC3)cc2)C1=O)c1ccccc1. The molecule has 0 unspecified atom stereocenters. The highest BCUT2D eigenvalue weighted by Crippen LogP contribution is 2.32. The molecule has 0 bridgehead atoms. The number of ketones is 1. The Morgan fingerprint density at radius 3 is 2.32 bits per heavy atom. The summed E-state index contributed by atoms with van der Waals surface area (Å²) in [7, 11) is 0. The minimum atomic E-state index is -0.414. The van der Waals surface area contributed by atoms with E-state index in [0.29, 0.717) is 10.5 Å². The second-order valence-electron chi connectivity index (χ2n) is 6.84. The summed E-state index contributed by atoms with van der Waals surface area (Å²) >= 11 is 0.879. The van der Waals surface area contributed by atoms with E-state index in [1.165, 1.54) is 18.5 Å². The smallest absolute Gasteiger partial charge is 0.293 e. The molecule has 5 nitrogen and oxygen atoms in total. The Morgan fingerprint density at radius 1 is 0.964 bits per heavy atom. The van der Waals surface area contributed by atoms with Crippen molar-refractivity contribution in [2.24, 2.45) is 0 Å². The van der Waals surface area contributed by atoms with E-state index in [4.69, 9.17) is 0 Å². The second kappa shape index (κ2) is 8.02. The molecule has 0 spiro atoms. The third-order valence-electron chi connectivity index (χ3n) is 4.93. The fourth-order valence-corrected chi connectivity index (χ4v) is 4.24. The van der Waals surface area contributed by atoms with Gasteiger partial charge in [-0.25, -0.2) is 0 Å². The molecule has 2 aromatic carbocycles. The Morgan fingerprint density at radius 2 is 1.64 bits per heavy atom. The van der Waals surface area contributed by atoms with Crippen molar-refractivity contribution in [2.45, 2.75) is 12.8 Å². The standard InChI is InChI=1S/C22H20N2O3S/c25-19(17-6-2-1-3-7-17)15-24-21(26)20(28-22(24)27)14-16-8-10-18(11-9-16)23-12-4-5-13-23/h1-3,6-11,14H,4-5,12-13,15H2. The molecule has 0 radical (unpaired) electrons. The fraction of sp³-hybridized carbons (Fsp3) is 0.227. The van der Waals surface area contributed by atoms with Gasteiger partial charge in [-0.1, -0.05) is 42.5 Å². The molecule has 2 aliphatic rings. The third kappa shape index (κ3) is 3.87. The molecule has 2 heterocycles. The number of anilines is 1. The van der Waals surface area contributed by atoms with Crippen LogP contribution in [-0.2, 0) is 4.79 Å². The number of hydrogen-bond acceptors (Lipinski definition) is 5. The number of nitrogens with zero attached hydrogens (tertiary/aromatic N) is 2. The molecule has 2 fully saturated rings. The summed E-state index contributed by atoms with van der Waals surface area (Å²) in [5.74, 6) is -0.665. The third-order valence-corrected chi connectivity index (χ3v) is 5.84. The van der Waals surface area contributed by atoms with Gasteiger partial charge in [-0.3, -0.25) is 19.3 Å². The van der Waals surface area contributed by atoms with E-state index in [9.17, 15) is 14.4 Å². The van der Waals surface area contributed by atoms with E-state index >= 15 is 0 Å². The van der Waals surface area contributed by atoms with Gasteiger partial charge in [-0.05, 0) is 48.4 Å². The zero-order valence-corrected chi connectivity index (χ0v) is 16.2. The maximum Gasteiger partial charge on any atom is 0.293 e. The Kier molecular flexibility index (Phi) is 5.30. The normalized spacial score (nSPS) is 18.4. The van der Waals surface area contributed by atoms with Crippen LogP contribution in [0.4, 0.5) is 10.5 Å². The molecule has 0 atom stereocenters. The lowest BCUT2D eigenvalue weighted by Crippen LogP contribution is -2.33. The molecule has 2 saturated heterocycles. The average molecular weight is 392 g/mol. The molecule has 142 valence electrons. The molecule has 28 heavy (non-hydrogen) atoms. The highest BCUT2D eigenvalue weighted by Gasteiger charge is 2.36. The number of benzene rings is 2. The van der Waals surface area contributed by atoms with Crippen LogP contribution < -0.4 is 4.90 Å². The van der Waals surface area contributed by atoms with Gasteiger partial charge in [-0.2, -0.15) is 0 Å². The van der Waals surface area contributed by atoms with Gasteiger partial charge < -0.3 is 4.90 Å². The van der Waals surface area contributed by atoms with Crippen molar-refractivity contribution in [2.75, 3.05) is 24.5 Å². The number of rotatable bonds is 5. The van der Waals surface area contributed by atoms with Crippen molar-refractivity contribution in [1.82, 2.24) is 4.90 Å². The number of imide groups is 1. The van der Waals surface area contributed by atoms with Crippen molar-refractivity contribution in [1.29, 1.82) is 0 Å². The quantitative estimate of drug-likeness (QED) is 0.564. The average Bonchev–Trinajstić information content (AvgIpc) is 3.34. The fourth-order valence-electron chi connectivity index (χ4n) is 3.40. The van der Waals surface area contributed by atoms with Gasteiger partial charge in [0.1, 0.15) is 0 Å². The first-order chi connectivity index (χ1) is 13.6. The van der Waals surface area contributed by atoms with E-state index in [0.717, 1.165) is 35.3 Å². The molecule has 0 aromatic heterocycles. The first-order valence-electron chi connectivity index (χ1n) is 9.30. The lowest BCUT2D eigenvalue weighted by molar-refractivity contribution is -0.122. The van der Waals surface area contributed by atoms with Gasteiger partial charge >= 0.3 is 0 Å². The van der Waals surface area contributed by atoms with Crippen molar-refractivity contribution < 1.29 is 14.4 Å². The van der Waals surface area contributed by atoms with Crippen LogP contribution in [0, 0.1) is 0 Å². The highest BCUT2D eigenvalue weighted by molar-refractivity contribution is 8.18. The summed E-state index contributed by atoms with van der Waals surface area (Å²) in [6, 6.07) is 16.7.